The number of anilines is 1. The number of amides is 1. The van der Waals surface area contributed by atoms with Crippen LogP contribution in [-0.2, 0) is 11.3 Å². The Balaban J connectivity index is 1.48. The lowest BCUT2D eigenvalue weighted by atomic mass is 10.2. The van der Waals surface area contributed by atoms with Gasteiger partial charge in [0.2, 0.25) is 5.91 Å². The van der Waals surface area contributed by atoms with Crippen molar-refractivity contribution in [2.45, 2.75) is 39.2 Å². The number of aromatic nitrogens is 3. The molecule has 0 aliphatic carbocycles. The van der Waals surface area contributed by atoms with E-state index < -0.39 is 0 Å². The van der Waals surface area contributed by atoms with Crippen LogP contribution in [0.1, 0.15) is 32.6 Å². The maximum absolute atomic E-state index is 12.4. The Labute approximate surface area is 163 Å². The van der Waals surface area contributed by atoms with Crippen LogP contribution in [0.2, 0.25) is 0 Å². The molecule has 3 aromatic rings. The highest BCUT2D eigenvalue weighted by molar-refractivity contribution is 5.90. The van der Waals surface area contributed by atoms with Crippen LogP contribution in [-0.4, -0.2) is 27.5 Å². The summed E-state index contributed by atoms with van der Waals surface area (Å²) in [5.74, 6) is 0.683. The van der Waals surface area contributed by atoms with Gasteiger partial charge in [0, 0.05) is 18.7 Å². The van der Waals surface area contributed by atoms with Gasteiger partial charge in [0.15, 0.2) is 0 Å². The molecule has 2 aromatic carbocycles. The van der Waals surface area contributed by atoms with Gasteiger partial charge in [-0.2, -0.15) is 0 Å². The van der Waals surface area contributed by atoms with E-state index in [-0.39, 0.29) is 17.9 Å². The largest absolute Gasteiger partial charge is 0.494 e. The van der Waals surface area contributed by atoms with Crippen molar-refractivity contribution in [1.82, 2.24) is 15.0 Å². The van der Waals surface area contributed by atoms with E-state index in [0.29, 0.717) is 30.5 Å². The van der Waals surface area contributed by atoms with Gasteiger partial charge in [-0.1, -0.05) is 30.7 Å². The van der Waals surface area contributed by atoms with Crippen molar-refractivity contribution in [2.75, 3.05) is 11.9 Å². The zero-order valence-electron chi connectivity index (χ0n) is 15.9. The van der Waals surface area contributed by atoms with E-state index in [1.807, 2.05) is 30.3 Å². The van der Waals surface area contributed by atoms with Crippen LogP contribution < -0.4 is 15.6 Å². The summed E-state index contributed by atoms with van der Waals surface area (Å²) in [5.41, 5.74) is 1.10. The van der Waals surface area contributed by atoms with Crippen molar-refractivity contribution in [3.05, 3.63) is 58.9 Å². The first-order chi connectivity index (χ1) is 13.7. The third-order valence-corrected chi connectivity index (χ3v) is 4.31. The van der Waals surface area contributed by atoms with Gasteiger partial charge in [0.05, 0.1) is 12.0 Å². The Kier molecular flexibility index (Phi) is 6.73. The van der Waals surface area contributed by atoms with Crippen LogP contribution in [0.4, 0.5) is 5.69 Å². The van der Waals surface area contributed by atoms with Crippen molar-refractivity contribution in [3.63, 3.8) is 0 Å². The number of hydrogen-bond acceptors (Lipinski definition) is 5. The van der Waals surface area contributed by atoms with Crippen LogP contribution in [0.15, 0.2) is 53.3 Å². The maximum atomic E-state index is 12.4. The molecule has 7 nitrogen and oxygen atoms in total. The third kappa shape index (κ3) is 5.16. The zero-order chi connectivity index (χ0) is 19.8. The van der Waals surface area contributed by atoms with Gasteiger partial charge in [0.1, 0.15) is 11.3 Å². The molecule has 1 N–H and O–H groups in total. The lowest BCUT2D eigenvalue weighted by Gasteiger charge is -2.08. The maximum Gasteiger partial charge on any atom is 0.277 e. The molecule has 7 heteroatoms. The molecule has 28 heavy (non-hydrogen) atoms. The molecule has 0 spiro atoms. The molecule has 0 aliphatic rings. The molecule has 0 aliphatic heterocycles. The minimum atomic E-state index is -0.190. The highest BCUT2D eigenvalue weighted by Crippen LogP contribution is 2.16. The van der Waals surface area contributed by atoms with E-state index in [1.165, 1.54) is 4.68 Å². The molecule has 0 radical (unpaired) electrons. The van der Waals surface area contributed by atoms with Gasteiger partial charge in [-0.15, -0.1) is 5.10 Å². The first kappa shape index (κ1) is 19.5. The smallest absolute Gasteiger partial charge is 0.277 e. The molecule has 0 bridgehead atoms. The van der Waals surface area contributed by atoms with E-state index in [4.69, 9.17) is 4.74 Å². The van der Waals surface area contributed by atoms with E-state index in [9.17, 15) is 9.59 Å². The minimum absolute atomic E-state index is 0.110. The fourth-order valence-corrected chi connectivity index (χ4v) is 2.75. The predicted octanol–water partition coefficient (Wildman–Crippen LogP) is 3.39. The average Bonchev–Trinajstić information content (AvgIpc) is 2.71. The summed E-state index contributed by atoms with van der Waals surface area (Å²) >= 11 is 0. The molecule has 3 rings (SSSR count). The van der Waals surface area contributed by atoms with Gasteiger partial charge in [0.25, 0.3) is 5.56 Å². The van der Waals surface area contributed by atoms with Crippen molar-refractivity contribution in [2.24, 2.45) is 0 Å². The van der Waals surface area contributed by atoms with E-state index >= 15 is 0 Å². The standard InChI is InChI=1S/C21H24N4O3/c1-2-3-15-28-17-12-10-16(11-13-17)22-20(26)9-6-14-25-21(27)18-7-4-5-8-19(18)23-24-25/h4-5,7-8,10-13H,2-3,6,9,14-15H2,1H3,(H,22,26). The molecule has 0 atom stereocenters. The van der Waals surface area contributed by atoms with Gasteiger partial charge in [-0.3, -0.25) is 9.59 Å². The van der Waals surface area contributed by atoms with Gasteiger partial charge in [-0.05, 0) is 49.2 Å². The van der Waals surface area contributed by atoms with Crippen LogP contribution in [0.5, 0.6) is 5.75 Å². The monoisotopic (exact) mass is 380 g/mol. The number of aryl methyl sites for hydroxylation is 1. The quantitative estimate of drug-likeness (QED) is 0.575. The van der Waals surface area contributed by atoms with Crippen molar-refractivity contribution in [1.29, 1.82) is 0 Å². The number of carbonyl (C=O) groups is 1. The number of unbranched alkanes of at least 4 members (excludes halogenated alkanes) is 1. The number of benzene rings is 2. The number of nitrogens with one attached hydrogen (secondary N) is 1. The minimum Gasteiger partial charge on any atom is -0.494 e. The Morgan fingerprint density at radius 2 is 1.89 bits per heavy atom. The summed E-state index contributed by atoms with van der Waals surface area (Å²) in [5, 5.41) is 11.4. The van der Waals surface area contributed by atoms with Crippen molar-refractivity contribution in [3.8, 4) is 5.75 Å². The van der Waals surface area contributed by atoms with Crippen LogP contribution in [0.25, 0.3) is 10.9 Å². The van der Waals surface area contributed by atoms with Crippen LogP contribution in [0, 0.1) is 0 Å². The summed E-state index contributed by atoms with van der Waals surface area (Å²) in [6.45, 7) is 3.15. The summed E-state index contributed by atoms with van der Waals surface area (Å²) in [6.07, 6.45) is 2.89. The summed E-state index contributed by atoms with van der Waals surface area (Å²) in [7, 11) is 0. The molecule has 0 unspecified atom stereocenters. The van der Waals surface area contributed by atoms with Crippen LogP contribution >= 0.6 is 0 Å². The van der Waals surface area contributed by atoms with Crippen LogP contribution in [0.3, 0.4) is 0 Å². The molecule has 0 saturated carbocycles. The van der Waals surface area contributed by atoms with Gasteiger partial charge >= 0.3 is 0 Å². The van der Waals surface area contributed by atoms with Crippen molar-refractivity contribution < 1.29 is 9.53 Å². The second kappa shape index (κ2) is 9.64. The first-order valence-electron chi connectivity index (χ1n) is 9.52. The Hall–Kier alpha value is -3.22. The zero-order valence-corrected chi connectivity index (χ0v) is 15.9. The van der Waals surface area contributed by atoms with E-state index in [0.717, 1.165) is 24.3 Å². The fourth-order valence-electron chi connectivity index (χ4n) is 2.75. The first-order valence-corrected chi connectivity index (χ1v) is 9.52. The predicted molar refractivity (Wildman–Crippen MR) is 109 cm³/mol. The molecule has 1 amide bonds. The number of rotatable bonds is 9. The topological polar surface area (TPSA) is 86.1 Å². The molecule has 1 heterocycles. The Morgan fingerprint density at radius 1 is 1.11 bits per heavy atom. The number of carbonyl (C=O) groups excluding carboxylic acids is 1. The third-order valence-electron chi connectivity index (χ3n) is 4.31. The highest BCUT2D eigenvalue weighted by Gasteiger charge is 2.07. The lowest BCUT2D eigenvalue weighted by Crippen LogP contribution is -2.25. The normalized spacial score (nSPS) is 10.8. The molecule has 146 valence electrons. The second-order valence-corrected chi connectivity index (χ2v) is 6.51. The molecule has 0 saturated heterocycles. The number of hydrogen-bond donors (Lipinski definition) is 1. The molecular weight excluding hydrogens is 356 g/mol. The summed E-state index contributed by atoms with van der Waals surface area (Å²) in [6, 6.07) is 14.4. The molecular formula is C21H24N4O3. The van der Waals surface area contributed by atoms with Gasteiger partial charge in [-0.25, -0.2) is 4.68 Å². The average molecular weight is 380 g/mol. The number of fused-ring (bicyclic) bond motifs is 1. The van der Waals surface area contributed by atoms with Crippen molar-refractivity contribution >= 4 is 22.5 Å². The second-order valence-electron chi connectivity index (χ2n) is 6.51. The summed E-state index contributed by atoms with van der Waals surface area (Å²) < 4.78 is 6.91. The number of ether oxygens (including phenoxy) is 1. The highest BCUT2D eigenvalue weighted by atomic mass is 16.5. The van der Waals surface area contributed by atoms with Gasteiger partial charge < -0.3 is 10.1 Å². The fraction of sp³-hybridized carbons (Fsp3) is 0.333. The SMILES string of the molecule is CCCCOc1ccc(NC(=O)CCCn2nnc3ccccc3c2=O)cc1. The Morgan fingerprint density at radius 3 is 2.68 bits per heavy atom. The lowest BCUT2D eigenvalue weighted by molar-refractivity contribution is -0.116. The van der Waals surface area contributed by atoms with E-state index in [2.05, 4.69) is 22.6 Å². The Bertz CT molecular complexity index is 983. The van der Waals surface area contributed by atoms with E-state index in [1.54, 1.807) is 18.2 Å². The molecule has 0 fully saturated rings. The number of nitrogens with zero attached hydrogens (tertiary/aromatic N) is 3. The summed E-state index contributed by atoms with van der Waals surface area (Å²) in [4.78, 5) is 24.5. The molecule has 1 aromatic heterocycles.